The number of nitriles is 1. The first-order chi connectivity index (χ1) is 10.7. The lowest BCUT2D eigenvalue weighted by atomic mass is 10.1. The van der Waals surface area contributed by atoms with E-state index in [-0.39, 0.29) is 11.4 Å². The number of carbonyl (C=O) groups excluding carboxylic acids is 1. The van der Waals surface area contributed by atoms with E-state index in [0.717, 1.165) is 5.69 Å². The van der Waals surface area contributed by atoms with Crippen molar-refractivity contribution < 1.29 is 4.79 Å². The van der Waals surface area contributed by atoms with E-state index in [0.29, 0.717) is 15.6 Å². The van der Waals surface area contributed by atoms with Crippen LogP contribution in [-0.2, 0) is 0 Å². The van der Waals surface area contributed by atoms with Crippen molar-refractivity contribution in [2.24, 2.45) is 0 Å². The molecule has 0 unspecified atom stereocenters. The molecule has 0 radical (unpaired) electrons. The molecule has 0 bridgehead atoms. The molecule has 0 aliphatic carbocycles. The molecule has 0 saturated carbocycles. The third-order valence-electron chi connectivity index (χ3n) is 2.92. The molecule has 0 fully saturated rings. The Kier molecular flexibility index (Phi) is 5.65. The average Bonchev–Trinajstić information content (AvgIpc) is 2.55. The summed E-state index contributed by atoms with van der Waals surface area (Å²) in [6.07, 6.45) is 1.81. The summed E-state index contributed by atoms with van der Waals surface area (Å²) in [5, 5.41) is 13.3. The van der Waals surface area contributed by atoms with E-state index in [1.54, 1.807) is 24.3 Å². The predicted molar refractivity (Wildman–Crippen MR) is 92.0 cm³/mol. The van der Waals surface area contributed by atoms with Crippen LogP contribution in [0.1, 0.15) is 10.4 Å². The second-order valence-electron chi connectivity index (χ2n) is 4.32. The van der Waals surface area contributed by atoms with E-state index in [9.17, 15) is 10.1 Å². The van der Waals surface area contributed by atoms with Crippen molar-refractivity contribution in [3.8, 4) is 6.07 Å². The Morgan fingerprint density at radius 1 is 1.14 bits per heavy atom. The Labute approximate surface area is 138 Å². The number of hydrogen-bond acceptors (Lipinski definition) is 4. The summed E-state index contributed by atoms with van der Waals surface area (Å²) >= 11 is 7.36. The standard InChI is InChI=1S/C17H13ClN2OS/c1-22-17(20-12-7-3-2-4-8-12)14(11-19)16(21)13-9-5-6-10-15(13)18/h2-10,20H,1H3. The molecule has 0 saturated heterocycles. The van der Waals surface area contributed by atoms with Gasteiger partial charge in [0.25, 0.3) is 0 Å². The molecule has 0 aromatic heterocycles. The van der Waals surface area contributed by atoms with Gasteiger partial charge in [-0.2, -0.15) is 5.26 Å². The number of thioether (sulfide) groups is 1. The lowest BCUT2D eigenvalue weighted by molar-refractivity contribution is 0.103. The second kappa shape index (κ2) is 7.69. The van der Waals surface area contributed by atoms with Crippen LogP contribution in [0.2, 0.25) is 5.02 Å². The van der Waals surface area contributed by atoms with Gasteiger partial charge in [0.15, 0.2) is 0 Å². The van der Waals surface area contributed by atoms with E-state index in [4.69, 9.17) is 11.6 Å². The van der Waals surface area contributed by atoms with Crippen molar-refractivity contribution in [2.75, 3.05) is 11.6 Å². The van der Waals surface area contributed by atoms with Gasteiger partial charge >= 0.3 is 0 Å². The maximum atomic E-state index is 12.6. The first-order valence-corrected chi connectivity index (χ1v) is 8.07. The van der Waals surface area contributed by atoms with Crippen molar-refractivity contribution in [1.29, 1.82) is 5.26 Å². The monoisotopic (exact) mass is 328 g/mol. The Bertz CT molecular complexity index is 751. The summed E-state index contributed by atoms with van der Waals surface area (Å²) in [4.78, 5) is 12.6. The van der Waals surface area contributed by atoms with E-state index >= 15 is 0 Å². The third kappa shape index (κ3) is 3.70. The number of nitrogens with zero attached hydrogens (tertiary/aromatic N) is 1. The number of hydrogen-bond donors (Lipinski definition) is 1. The number of anilines is 1. The van der Waals surface area contributed by atoms with Crippen molar-refractivity contribution in [1.82, 2.24) is 0 Å². The maximum Gasteiger partial charge on any atom is 0.207 e. The number of rotatable bonds is 5. The van der Waals surface area contributed by atoms with Crippen molar-refractivity contribution in [3.05, 3.63) is 75.8 Å². The topological polar surface area (TPSA) is 52.9 Å². The molecule has 3 nitrogen and oxygen atoms in total. The Morgan fingerprint density at radius 3 is 2.36 bits per heavy atom. The third-order valence-corrected chi connectivity index (χ3v) is 3.96. The zero-order chi connectivity index (χ0) is 15.9. The van der Waals surface area contributed by atoms with Crippen molar-refractivity contribution in [2.45, 2.75) is 0 Å². The van der Waals surface area contributed by atoms with E-state index in [1.807, 2.05) is 42.7 Å². The van der Waals surface area contributed by atoms with Gasteiger partial charge in [-0.3, -0.25) is 4.79 Å². The lowest BCUT2D eigenvalue weighted by Crippen LogP contribution is -2.09. The minimum absolute atomic E-state index is 0.0458. The zero-order valence-corrected chi connectivity index (χ0v) is 13.4. The Morgan fingerprint density at radius 2 is 1.77 bits per heavy atom. The predicted octanol–water partition coefficient (Wildman–Crippen LogP) is 4.73. The van der Waals surface area contributed by atoms with Gasteiger partial charge < -0.3 is 5.32 Å². The number of ketones is 1. The maximum absolute atomic E-state index is 12.6. The number of allylic oxidation sites excluding steroid dienone is 1. The average molecular weight is 329 g/mol. The minimum Gasteiger partial charge on any atom is -0.349 e. The minimum atomic E-state index is -0.388. The molecule has 110 valence electrons. The first kappa shape index (κ1) is 16.2. The fraction of sp³-hybridized carbons (Fsp3) is 0.0588. The molecule has 2 aromatic rings. The summed E-state index contributed by atoms with van der Waals surface area (Å²) in [5.41, 5.74) is 1.18. The summed E-state index contributed by atoms with van der Waals surface area (Å²) in [6, 6.07) is 18.1. The molecular weight excluding hydrogens is 316 g/mol. The summed E-state index contributed by atoms with van der Waals surface area (Å²) in [5.74, 6) is -0.388. The van der Waals surface area contributed by atoms with Gasteiger partial charge in [0.2, 0.25) is 5.78 Å². The highest BCUT2D eigenvalue weighted by molar-refractivity contribution is 8.02. The van der Waals surface area contributed by atoms with Gasteiger partial charge in [0.1, 0.15) is 11.6 Å². The van der Waals surface area contributed by atoms with Crippen LogP contribution in [0.25, 0.3) is 0 Å². The second-order valence-corrected chi connectivity index (χ2v) is 5.54. The van der Waals surface area contributed by atoms with E-state index in [1.165, 1.54) is 11.8 Å². The van der Waals surface area contributed by atoms with E-state index < -0.39 is 0 Å². The summed E-state index contributed by atoms with van der Waals surface area (Å²) < 4.78 is 0. The highest BCUT2D eigenvalue weighted by Gasteiger charge is 2.19. The number of benzene rings is 2. The van der Waals surface area contributed by atoms with Crippen LogP contribution in [0.3, 0.4) is 0 Å². The summed E-state index contributed by atoms with van der Waals surface area (Å²) in [6.45, 7) is 0. The van der Waals surface area contributed by atoms with Crippen molar-refractivity contribution >= 4 is 34.8 Å². The van der Waals surface area contributed by atoms with Gasteiger partial charge in [-0.05, 0) is 30.5 Å². The highest BCUT2D eigenvalue weighted by atomic mass is 35.5. The molecule has 0 atom stereocenters. The fourth-order valence-electron chi connectivity index (χ4n) is 1.85. The number of halogens is 1. The Balaban J connectivity index is 2.41. The van der Waals surface area contributed by atoms with E-state index in [2.05, 4.69) is 5.32 Å². The SMILES string of the molecule is CSC(Nc1ccccc1)=C(C#N)C(=O)c1ccccc1Cl. The van der Waals surface area contributed by atoms with Crippen LogP contribution in [0.4, 0.5) is 5.69 Å². The van der Waals surface area contributed by atoms with Crippen LogP contribution in [0, 0.1) is 11.3 Å². The van der Waals surface area contributed by atoms with Gasteiger partial charge in [0.05, 0.1) is 10.1 Å². The quantitative estimate of drug-likeness (QED) is 0.489. The lowest BCUT2D eigenvalue weighted by Gasteiger charge is -2.11. The van der Waals surface area contributed by atoms with Crippen LogP contribution >= 0.6 is 23.4 Å². The van der Waals surface area contributed by atoms with Crippen molar-refractivity contribution in [3.63, 3.8) is 0 Å². The normalized spacial score (nSPS) is 11.3. The number of para-hydroxylation sites is 1. The largest absolute Gasteiger partial charge is 0.349 e. The molecule has 2 aromatic carbocycles. The smallest absolute Gasteiger partial charge is 0.207 e. The molecule has 22 heavy (non-hydrogen) atoms. The molecule has 0 amide bonds. The Hall–Kier alpha value is -2.22. The first-order valence-electron chi connectivity index (χ1n) is 6.47. The molecule has 2 rings (SSSR count). The van der Waals surface area contributed by atoms with Crippen LogP contribution < -0.4 is 5.32 Å². The number of nitrogens with one attached hydrogen (secondary N) is 1. The summed E-state index contributed by atoms with van der Waals surface area (Å²) in [7, 11) is 0. The molecule has 0 aliphatic rings. The molecule has 0 spiro atoms. The van der Waals surface area contributed by atoms with Gasteiger partial charge in [-0.25, -0.2) is 0 Å². The fourth-order valence-corrected chi connectivity index (χ4v) is 2.64. The molecule has 0 aliphatic heterocycles. The van der Waals surface area contributed by atoms with Crippen LogP contribution in [0.5, 0.6) is 0 Å². The highest BCUT2D eigenvalue weighted by Crippen LogP contribution is 2.25. The van der Waals surface area contributed by atoms with Gasteiger partial charge in [-0.1, -0.05) is 41.9 Å². The van der Waals surface area contributed by atoms with Crippen LogP contribution in [0.15, 0.2) is 65.2 Å². The zero-order valence-electron chi connectivity index (χ0n) is 11.8. The number of carbonyl (C=O) groups is 1. The van der Waals surface area contributed by atoms with Gasteiger partial charge in [-0.15, -0.1) is 11.8 Å². The molecular formula is C17H13ClN2OS. The van der Waals surface area contributed by atoms with Crippen LogP contribution in [-0.4, -0.2) is 12.0 Å². The molecule has 0 heterocycles. The molecule has 5 heteroatoms. The number of Topliss-reactive ketones (excluding diaryl/α,β-unsaturated/α-hetero) is 1. The molecule has 1 N–H and O–H groups in total. The van der Waals surface area contributed by atoms with Gasteiger partial charge in [0, 0.05) is 11.3 Å².